The van der Waals surface area contributed by atoms with Crippen LogP contribution in [0.3, 0.4) is 0 Å². The van der Waals surface area contributed by atoms with E-state index in [4.69, 9.17) is 0 Å². The molecule has 0 N–H and O–H groups in total. The minimum Gasteiger partial charge on any atom is -0.334 e. The number of piperidine rings is 1. The maximum atomic E-state index is 12.2. The van der Waals surface area contributed by atoms with Crippen molar-refractivity contribution in [1.82, 2.24) is 14.9 Å². The zero-order valence-corrected chi connectivity index (χ0v) is 10.5. The number of hydrogen-bond acceptors (Lipinski definition) is 3. The highest BCUT2D eigenvalue weighted by Crippen LogP contribution is 2.30. The first kappa shape index (κ1) is 12.0. The molecule has 4 heteroatoms. The highest BCUT2D eigenvalue weighted by atomic mass is 16.2. The van der Waals surface area contributed by atoms with Gasteiger partial charge in [-0.25, -0.2) is 0 Å². The smallest absolute Gasteiger partial charge is 0.225 e. The maximum absolute atomic E-state index is 12.2. The fourth-order valence-electron chi connectivity index (χ4n) is 2.32. The number of carbonyl (C=O) groups is 1. The molecule has 1 aliphatic heterocycles. The molecule has 2 heterocycles. The Morgan fingerprint density at radius 3 is 2.88 bits per heavy atom. The second kappa shape index (κ2) is 5.25. The van der Waals surface area contributed by atoms with E-state index in [9.17, 15) is 4.79 Å². The molecule has 0 bridgehead atoms. The molecule has 0 spiro atoms. The van der Waals surface area contributed by atoms with E-state index in [2.05, 4.69) is 9.97 Å². The van der Waals surface area contributed by atoms with Gasteiger partial charge in [0.25, 0.3) is 0 Å². The minimum absolute atomic E-state index is 0.0484. The lowest BCUT2D eigenvalue weighted by Crippen LogP contribution is -2.41. The summed E-state index contributed by atoms with van der Waals surface area (Å²) < 4.78 is 0. The second-order valence-corrected chi connectivity index (χ2v) is 4.83. The Morgan fingerprint density at radius 1 is 1.41 bits per heavy atom. The van der Waals surface area contributed by atoms with Crippen molar-refractivity contribution < 1.29 is 4.79 Å². The predicted octanol–water partition coefficient (Wildman–Crippen LogP) is 2.19. The lowest BCUT2D eigenvalue weighted by molar-refractivity contribution is -0.138. The Kier molecular flexibility index (Phi) is 3.71. The molecule has 0 aliphatic carbocycles. The van der Waals surface area contributed by atoms with Crippen molar-refractivity contribution in [3.05, 3.63) is 24.3 Å². The van der Waals surface area contributed by atoms with Gasteiger partial charge in [0.15, 0.2) is 0 Å². The van der Waals surface area contributed by atoms with Crippen LogP contribution in [0.2, 0.25) is 0 Å². The van der Waals surface area contributed by atoms with E-state index in [0.717, 1.165) is 31.5 Å². The van der Waals surface area contributed by atoms with Gasteiger partial charge in [0, 0.05) is 24.9 Å². The summed E-state index contributed by atoms with van der Waals surface area (Å²) in [6.45, 7) is 4.74. The number of amides is 1. The van der Waals surface area contributed by atoms with Gasteiger partial charge in [-0.05, 0) is 19.3 Å². The van der Waals surface area contributed by atoms with Gasteiger partial charge in [-0.15, -0.1) is 0 Å². The topological polar surface area (TPSA) is 46.1 Å². The summed E-state index contributed by atoms with van der Waals surface area (Å²) in [4.78, 5) is 22.6. The van der Waals surface area contributed by atoms with E-state index in [1.165, 1.54) is 0 Å². The molecule has 1 amide bonds. The standard InChI is InChI=1S/C13H19N3O/c1-10(2)13(17)16-8-4-3-5-12(16)11-9-14-6-7-15-11/h6-7,9-10,12H,3-5,8H2,1-2H3. The van der Waals surface area contributed by atoms with Crippen LogP contribution in [0.5, 0.6) is 0 Å². The molecule has 1 atom stereocenters. The van der Waals surface area contributed by atoms with Crippen molar-refractivity contribution in [3.63, 3.8) is 0 Å². The van der Waals surface area contributed by atoms with E-state index in [-0.39, 0.29) is 17.9 Å². The molecule has 2 rings (SSSR count). The first-order valence-electron chi connectivity index (χ1n) is 6.26. The van der Waals surface area contributed by atoms with Gasteiger partial charge in [0.1, 0.15) is 0 Å². The molecule has 4 nitrogen and oxygen atoms in total. The van der Waals surface area contributed by atoms with E-state index in [1.807, 2.05) is 18.7 Å². The molecule has 92 valence electrons. The molecular weight excluding hydrogens is 214 g/mol. The molecule has 0 radical (unpaired) electrons. The first-order valence-corrected chi connectivity index (χ1v) is 6.26. The monoisotopic (exact) mass is 233 g/mol. The van der Waals surface area contributed by atoms with Crippen LogP contribution >= 0.6 is 0 Å². The first-order chi connectivity index (χ1) is 8.20. The highest BCUT2D eigenvalue weighted by molar-refractivity contribution is 5.78. The summed E-state index contributed by atoms with van der Waals surface area (Å²) in [5, 5.41) is 0. The van der Waals surface area contributed by atoms with Crippen LogP contribution in [0.15, 0.2) is 18.6 Å². The van der Waals surface area contributed by atoms with Gasteiger partial charge in [-0.3, -0.25) is 14.8 Å². The van der Waals surface area contributed by atoms with Crippen LogP contribution in [-0.2, 0) is 4.79 Å². The van der Waals surface area contributed by atoms with Crippen LogP contribution < -0.4 is 0 Å². The number of nitrogens with zero attached hydrogens (tertiary/aromatic N) is 3. The highest BCUT2D eigenvalue weighted by Gasteiger charge is 2.29. The zero-order valence-electron chi connectivity index (χ0n) is 10.5. The summed E-state index contributed by atoms with van der Waals surface area (Å²) in [5.74, 6) is 0.271. The Labute approximate surface area is 102 Å². The van der Waals surface area contributed by atoms with Crippen LogP contribution in [0.1, 0.15) is 44.8 Å². The fraction of sp³-hybridized carbons (Fsp3) is 0.615. The van der Waals surface area contributed by atoms with Crippen molar-refractivity contribution in [2.75, 3.05) is 6.54 Å². The van der Waals surface area contributed by atoms with Crippen LogP contribution in [0, 0.1) is 5.92 Å². The van der Waals surface area contributed by atoms with Crippen molar-refractivity contribution in [3.8, 4) is 0 Å². The molecule has 1 saturated heterocycles. The molecule has 1 aromatic rings. The van der Waals surface area contributed by atoms with Crippen LogP contribution in [-0.4, -0.2) is 27.3 Å². The third-order valence-corrected chi connectivity index (χ3v) is 3.20. The number of aromatic nitrogens is 2. The third kappa shape index (κ3) is 2.62. The third-order valence-electron chi connectivity index (χ3n) is 3.20. The average molecular weight is 233 g/mol. The van der Waals surface area contributed by atoms with E-state index >= 15 is 0 Å². The van der Waals surface area contributed by atoms with Gasteiger partial charge in [-0.2, -0.15) is 0 Å². The van der Waals surface area contributed by atoms with Crippen molar-refractivity contribution in [1.29, 1.82) is 0 Å². The van der Waals surface area contributed by atoms with E-state index < -0.39 is 0 Å². The Hall–Kier alpha value is -1.45. The van der Waals surface area contributed by atoms with E-state index in [1.54, 1.807) is 18.6 Å². The SMILES string of the molecule is CC(C)C(=O)N1CCCCC1c1cnccn1. The molecule has 17 heavy (non-hydrogen) atoms. The minimum atomic E-state index is 0.0484. The number of rotatable bonds is 2. The lowest BCUT2D eigenvalue weighted by Gasteiger charge is -2.36. The average Bonchev–Trinajstić information content (AvgIpc) is 2.39. The van der Waals surface area contributed by atoms with Gasteiger partial charge in [0.05, 0.1) is 17.9 Å². The molecule has 0 saturated carbocycles. The second-order valence-electron chi connectivity index (χ2n) is 4.83. The Morgan fingerprint density at radius 2 is 2.24 bits per heavy atom. The Balaban J connectivity index is 2.21. The number of likely N-dealkylation sites (tertiary alicyclic amines) is 1. The zero-order chi connectivity index (χ0) is 12.3. The maximum Gasteiger partial charge on any atom is 0.225 e. The quantitative estimate of drug-likeness (QED) is 0.786. The van der Waals surface area contributed by atoms with Crippen LogP contribution in [0.4, 0.5) is 0 Å². The van der Waals surface area contributed by atoms with Gasteiger partial charge >= 0.3 is 0 Å². The lowest BCUT2D eigenvalue weighted by atomic mass is 9.98. The molecule has 1 aromatic heterocycles. The number of hydrogen-bond donors (Lipinski definition) is 0. The van der Waals surface area contributed by atoms with Gasteiger partial charge in [0.2, 0.25) is 5.91 Å². The molecule has 1 unspecified atom stereocenters. The summed E-state index contributed by atoms with van der Waals surface area (Å²) >= 11 is 0. The van der Waals surface area contributed by atoms with Gasteiger partial charge in [-0.1, -0.05) is 13.8 Å². The molecular formula is C13H19N3O. The van der Waals surface area contributed by atoms with Crippen molar-refractivity contribution in [2.24, 2.45) is 5.92 Å². The summed E-state index contributed by atoms with van der Waals surface area (Å²) in [7, 11) is 0. The summed E-state index contributed by atoms with van der Waals surface area (Å²) in [5.41, 5.74) is 0.918. The Bertz CT molecular complexity index is 378. The van der Waals surface area contributed by atoms with Crippen molar-refractivity contribution >= 4 is 5.91 Å². The molecule has 1 fully saturated rings. The van der Waals surface area contributed by atoms with Crippen LogP contribution in [0.25, 0.3) is 0 Å². The summed E-state index contributed by atoms with van der Waals surface area (Å²) in [6.07, 6.45) is 8.38. The molecule has 1 aliphatic rings. The normalized spacial score (nSPS) is 20.6. The fourth-order valence-corrected chi connectivity index (χ4v) is 2.32. The predicted molar refractivity (Wildman–Crippen MR) is 65.2 cm³/mol. The largest absolute Gasteiger partial charge is 0.334 e. The molecule has 0 aromatic carbocycles. The van der Waals surface area contributed by atoms with Crippen molar-refractivity contribution in [2.45, 2.75) is 39.2 Å². The summed E-state index contributed by atoms with van der Waals surface area (Å²) in [6, 6.07) is 0.118. The van der Waals surface area contributed by atoms with E-state index in [0.29, 0.717) is 0 Å². The number of carbonyl (C=O) groups excluding carboxylic acids is 1. The van der Waals surface area contributed by atoms with Gasteiger partial charge < -0.3 is 4.90 Å².